The standard InChI is InChI=1S/C23H20BrClN4O2S/c1-30-20-12-11-18(24)17(21(20)31-14-16-9-5-6-10-19(16)25)13-26-29-22(27-28-23(29)32)15-7-3-2-4-8-15/h2-12,26H,13-14H2,1H3,(H,28,32). The third kappa shape index (κ3) is 4.82. The Balaban J connectivity index is 1.63. The van der Waals surface area contributed by atoms with Gasteiger partial charge in [-0.1, -0.05) is 76.1 Å². The number of nitrogens with zero attached hydrogens (tertiary/aromatic N) is 2. The second-order valence-corrected chi connectivity index (χ2v) is 8.47. The molecule has 0 saturated carbocycles. The summed E-state index contributed by atoms with van der Waals surface area (Å²) in [5.74, 6) is 1.93. The highest BCUT2D eigenvalue weighted by Gasteiger charge is 2.17. The van der Waals surface area contributed by atoms with Gasteiger partial charge < -0.3 is 14.9 Å². The Bertz CT molecular complexity index is 1280. The number of hydrogen-bond acceptors (Lipinski definition) is 5. The van der Waals surface area contributed by atoms with E-state index in [1.165, 1.54) is 0 Å². The molecule has 0 bridgehead atoms. The van der Waals surface area contributed by atoms with Crippen LogP contribution in [0.4, 0.5) is 0 Å². The first-order valence-electron chi connectivity index (χ1n) is 9.76. The predicted octanol–water partition coefficient (Wildman–Crippen LogP) is 6.35. The molecule has 2 N–H and O–H groups in total. The summed E-state index contributed by atoms with van der Waals surface area (Å²) in [6.45, 7) is 0.712. The van der Waals surface area contributed by atoms with E-state index >= 15 is 0 Å². The molecule has 0 spiro atoms. The molecule has 0 saturated heterocycles. The van der Waals surface area contributed by atoms with Crippen molar-refractivity contribution in [2.24, 2.45) is 0 Å². The van der Waals surface area contributed by atoms with E-state index in [2.05, 4.69) is 31.6 Å². The predicted molar refractivity (Wildman–Crippen MR) is 132 cm³/mol. The lowest BCUT2D eigenvalue weighted by atomic mass is 10.1. The zero-order chi connectivity index (χ0) is 22.5. The summed E-state index contributed by atoms with van der Waals surface area (Å²) in [6.07, 6.45) is 0. The van der Waals surface area contributed by atoms with Crippen molar-refractivity contribution in [3.63, 3.8) is 0 Å². The van der Waals surface area contributed by atoms with Crippen LogP contribution in [0.1, 0.15) is 11.1 Å². The minimum absolute atomic E-state index is 0.305. The normalized spacial score (nSPS) is 10.7. The van der Waals surface area contributed by atoms with E-state index in [0.29, 0.717) is 40.3 Å². The quantitative estimate of drug-likeness (QED) is 0.259. The molecule has 4 aromatic rings. The Hall–Kier alpha value is -2.81. The first kappa shape index (κ1) is 22.4. The van der Waals surface area contributed by atoms with Gasteiger partial charge >= 0.3 is 0 Å². The highest BCUT2D eigenvalue weighted by molar-refractivity contribution is 9.10. The molecule has 4 rings (SSSR count). The van der Waals surface area contributed by atoms with Gasteiger partial charge in [-0.15, -0.1) is 0 Å². The van der Waals surface area contributed by atoms with Crippen LogP contribution in [-0.4, -0.2) is 22.0 Å². The maximum absolute atomic E-state index is 6.30. The van der Waals surface area contributed by atoms with Crippen molar-refractivity contribution < 1.29 is 9.47 Å². The number of benzene rings is 3. The molecule has 0 unspecified atom stereocenters. The molecular weight excluding hydrogens is 512 g/mol. The summed E-state index contributed by atoms with van der Waals surface area (Å²) < 4.78 is 14.8. The number of aromatic nitrogens is 3. The fourth-order valence-corrected chi connectivity index (χ4v) is 4.05. The van der Waals surface area contributed by atoms with Crippen LogP contribution in [-0.2, 0) is 13.2 Å². The molecule has 6 nitrogen and oxygen atoms in total. The molecular formula is C23H20BrClN4O2S. The maximum atomic E-state index is 6.30. The second kappa shape index (κ2) is 10.2. The Morgan fingerprint density at radius 2 is 1.84 bits per heavy atom. The van der Waals surface area contributed by atoms with E-state index in [1.54, 1.807) is 11.8 Å². The Morgan fingerprint density at radius 3 is 2.59 bits per heavy atom. The number of hydrogen-bond donors (Lipinski definition) is 2. The first-order valence-corrected chi connectivity index (χ1v) is 11.3. The number of ether oxygens (including phenoxy) is 2. The molecule has 0 aliphatic rings. The van der Waals surface area contributed by atoms with Crippen molar-refractivity contribution in [3.8, 4) is 22.9 Å². The summed E-state index contributed by atoms with van der Waals surface area (Å²) in [6, 6.07) is 21.2. The van der Waals surface area contributed by atoms with E-state index in [0.717, 1.165) is 21.2 Å². The van der Waals surface area contributed by atoms with Crippen LogP contribution in [0.25, 0.3) is 11.4 Å². The molecule has 0 atom stereocenters. The van der Waals surface area contributed by atoms with Gasteiger partial charge in [0.1, 0.15) is 6.61 Å². The smallest absolute Gasteiger partial charge is 0.214 e. The number of rotatable bonds is 8. The van der Waals surface area contributed by atoms with Gasteiger partial charge in [-0.25, -0.2) is 9.77 Å². The number of nitrogens with one attached hydrogen (secondary N) is 2. The van der Waals surface area contributed by atoms with Gasteiger partial charge in [-0.3, -0.25) is 0 Å². The second-order valence-electron chi connectivity index (χ2n) is 6.83. The minimum Gasteiger partial charge on any atom is -0.493 e. The molecule has 0 amide bonds. The van der Waals surface area contributed by atoms with Gasteiger partial charge in [0.05, 0.1) is 13.7 Å². The van der Waals surface area contributed by atoms with Gasteiger partial charge in [-0.2, -0.15) is 5.10 Å². The van der Waals surface area contributed by atoms with Crippen LogP contribution in [0.2, 0.25) is 5.02 Å². The molecule has 0 aliphatic heterocycles. The van der Waals surface area contributed by atoms with E-state index < -0.39 is 0 Å². The largest absolute Gasteiger partial charge is 0.493 e. The van der Waals surface area contributed by atoms with Crippen LogP contribution >= 0.6 is 39.7 Å². The molecule has 32 heavy (non-hydrogen) atoms. The molecule has 3 aromatic carbocycles. The summed E-state index contributed by atoms with van der Waals surface area (Å²) in [5.41, 5.74) is 6.04. The summed E-state index contributed by atoms with van der Waals surface area (Å²) in [7, 11) is 1.61. The molecule has 1 heterocycles. The van der Waals surface area contributed by atoms with Crippen molar-refractivity contribution >= 4 is 39.7 Å². The highest BCUT2D eigenvalue weighted by Crippen LogP contribution is 2.37. The minimum atomic E-state index is 0.305. The Labute approximate surface area is 204 Å². The molecule has 0 radical (unpaired) electrons. The highest BCUT2D eigenvalue weighted by atomic mass is 79.9. The molecule has 9 heteroatoms. The van der Waals surface area contributed by atoms with Gasteiger partial charge in [0.25, 0.3) is 0 Å². The topological polar surface area (TPSA) is 64.1 Å². The fourth-order valence-electron chi connectivity index (χ4n) is 3.21. The summed E-state index contributed by atoms with van der Waals surface area (Å²) in [5, 5.41) is 7.86. The zero-order valence-electron chi connectivity index (χ0n) is 17.1. The summed E-state index contributed by atoms with van der Waals surface area (Å²) >= 11 is 15.4. The van der Waals surface area contributed by atoms with Gasteiger partial charge in [0.2, 0.25) is 4.77 Å². The molecule has 0 aliphatic carbocycles. The van der Waals surface area contributed by atoms with Crippen LogP contribution in [0, 0.1) is 4.77 Å². The molecule has 1 aromatic heterocycles. The van der Waals surface area contributed by atoms with Crippen LogP contribution in [0.3, 0.4) is 0 Å². The van der Waals surface area contributed by atoms with Crippen LogP contribution < -0.4 is 14.9 Å². The molecule has 164 valence electrons. The van der Waals surface area contributed by atoms with Crippen molar-refractivity contribution in [3.05, 3.63) is 92.1 Å². The maximum Gasteiger partial charge on any atom is 0.214 e. The summed E-state index contributed by atoms with van der Waals surface area (Å²) in [4.78, 5) is 0. The van der Waals surface area contributed by atoms with E-state index in [1.807, 2.05) is 66.7 Å². The third-order valence-corrected chi connectivity index (χ3v) is 6.22. The Kier molecular flexibility index (Phi) is 7.14. The lowest BCUT2D eigenvalue weighted by molar-refractivity contribution is 0.281. The van der Waals surface area contributed by atoms with Gasteiger partial charge in [0, 0.05) is 26.2 Å². The van der Waals surface area contributed by atoms with Gasteiger partial charge in [0.15, 0.2) is 17.3 Å². The van der Waals surface area contributed by atoms with Crippen molar-refractivity contribution in [2.75, 3.05) is 12.5 Å². The van der Waals surface area contributed by atoms with Crippen molar-refractivity contribution in [1.29, 1.82) is 0 Å². The average molecular weight is 532 g/mol. The van der Waals surface area contributed by atoms with Crippen molar-refractivity contribution in [2.45, 2.75) is 13.2 Å². The lowest BCUT2D eigenvalue weighted by Gasteiger charge is -2.18. The SMILES string of the molecule is COc1ccc(Br)c(CNn2c(-c3ccccc3)n[nH]c2=S)c1OCc1ccccc1Cl. The van der Waals surface area contributed by atoms with Crippen LogP contribution in [0.15, 0.2) is 71.2 Å². The zero-order valence-corrected chi connectivity index (χ0v) is 20.3. The lowest BCUT2D eigenvalue weighted by Crippen LogP contribution is -2.17. The number of aromatic amines is 1. The first-order chi connectivity index (χ1) is 15.6. The number of halogens is 2. The van der Waals surface area contributed by atoms with E-state index in [9.17, 15) is 0 Å². The monoisotopic (exact) mass is 530 g/mol. The molecule has 0 fully saturated rings. The fraction of sp³-hybridized carbons (Fsp3) is 0.130. The van der Waals surface area contributed by atoms with E-state index in [-0.39, 0.29) is 0 Å². The van der Waals surface area contributed by atoms with Crippen molar-refractivity contribution in [1.82, 2.24) is 14.9 Å². The number of methoxy groups -OCH3 is 1. The third-order valence-electron chi connectivity index (χ3n) is 4.84. The van der Waals surface area contributed by atoms with Gasteiger partial charge in [-0.05, 0) is 30.4 Å². The number of H-pyrrole nitrogens is 1. The Morgan fingerprint density at radius 1 is 1.09 bits per heavy atom. The average Bonchev–Trinajstić information content (AvgIpc) is 3.18. The van der Waals surface area contributed by atoms with E-state index in [4.69, 9.17) is 33.3 Å². The van der Waals surface area contributed by atoms with Crippen LogP contribution in [0.5, 0.6) is 11.5 Å².